The molecule has 3 aromatic rings. The minimum Gasteiger partial charge on any atom is -0.444 e. The first kappa shape index (κ1) is 19.5. The highest BCUT2D eigenvalue weighted by molar-refractivity contribution is 5.80. The lowest BCUT2D eigenvalue weighted by molar-refractivity contribution is 0.504. The van der Waals surface area contributed by atoms with E-state index in [0.717, 1.165) is 11.6 Å². The third-order valence-electron chi connectivity index (χ3n) is 4.11. The zero-order valence-corrected chi connectivity index (χ0v) is 15.7. The lowest BCUT2D eigenvalue weighted by Crippen LogP contribution is -2.38. The summed E-state index contributed by atoms with van der Waals surface area (Å²) >= 11 is 0. The Kier molecular flexibility index (Phi) is 6.37. The Bertz CT molecular complexity index is 941. The van der Waals surface area contributed by atoms with E-state index in [1.165, 1.54) is 6.07 Å². The van der Waals surface area contributed by atoms with Crippen LogP contribution < -0.4 is 10.6 Å². The average molecular weight is 384 g/mol. The normalized spacial score (nSPS) is 12.6. The zero-order chi connectivity index (χ0) is 19.9. The number of hydrogen-bond acceptors (Lipinski definition) is 3. The van der Waals surface area contributed by atoms with Crippen molar-refractivity contribution in [2.75, 3.05) is 6.54 Å². The topological polar surface area (TPSA) is 62.5 Å². The molecule has 0 saturated heterocycles. The van der Waals surface area contributed by atoms with Gasteiger partial charge in [-0.2, -0.15) is 0 Å². The Hall–Kier alpha value is -3.22. The second kappa shape index (κ2) is 9.12. The first-order valence-electron chi connectivity index (χ1n) is 9.06. The molecule has 1 aromatic heterocycles. The van der Waals surface area contributed by atoms with Crippen molar-refractivity contribution in [1.82, 2.24) is 15.6 Å². The van der Waals surface area contributed by atoms with Crippen LogP contribution in [0.3, 0.4) is 0 Å². The number of nitrogens with one attached hydrogen (secondary N) is 2. The van der Waals surface area contributed by atoms with Gasteiger partial charge < -0.3 is 15.1 Å². The van der Waals surface area contributed by atoms with Crippen LogP contribution in [0, 0.1) is 11.6 Å². The van der Waals surface area contributed by atoms with Crippen LogP contribution in [0.1, 0.15) is 31.1 Å². The van der Waals surface area contributed by atoms with E-state index in [4.69, 9.17) is 4.42 Å². The smallest absolute Gasteiger partial charge is 0.226 e. The molecule has 3 rings (SSSR count). The summed E-state index contributed by atoms with van der Waals surface area (Å²) in [6.07, 6.45) is 1.58. The van der Waals surface area contributed by atoms with Crippen LogP contribution in [0.5, 0.6) is 0 Å². The van der Waals surface area contributed by atoms with Crippen LogP contribution in [-0.4, -0.2) is 17.5 Å². The van der Waals surface area contributed by atoms with Crippen LogP contribution >= 0.6 is 0 Å². The highest BCUT2D eigenvalue weighted by Gasteiger charge is 2.11. The number of oxazole rings is 1. The van der Waals surface area contributed by atoms with Crippen LogP contribution in [0.25, 0.3) is 11.5 Å². The molecule has 5 nitrogen and oxygen atoms in total. The number of guanidine groups is 1. The van der Waals surface area contributed by atoms with Gasteiger partial charge in [0.05, 0.1) is 12.6 Å². The Balaban J connectivity index is 1.68. The van der Waals surface area contributed by atoms with E-state index in [2.05, 4.69) is 20.6 Å². The molecule has 7 heteroatoms. The predicted molar refractivity (Wildman–Crippen MR) is 105 cm³/mol. The van der Waals surface area contributed by atoms with Crippen molar-refractivity contribution in [3.05, 3.63) is 77.7 Å². The molecular formula is C21H22F2N4O. The first-order chi connectivity index (χ1) is 13.6. The highest BCUT2D eigenvalue weighted by Crippen LogP contribution is 2.18. The number of benzene rings is 2. The van der Waals surface area contributed by atoms with Gasteiger partial charge in [-0.25, -0.2) is 18.8 Å². The molecule has 28 heavy (non-hydrogen) atoms. The van der Waals surface area contributed by atoms with Gasteiger partial charge in [0.1, 0.15) is 12.0 Å². The molecular weight excluding hydrogens is 362 g/mol. The zero-order valence-electron chi connectivity index (χ0n) is 15.7. The minimum absolute atomic E-state index is 0.259. The molecule has 0 aliphatic rings. The molecule has 146 valence electrons. The maximum absolute atomic E-state index is 13.5. The fourth-order valence-electron chi connectivity index (χ4n) is 2.64. The fourth-order valence-corrected chi connectivity index (χ4v) is 2.64. The second-order valence-corrected chi connectivity index (χ2v) is 6.24. The molecule has 0 fully saturated rings. The van der Waals surface area contributed by atoms with Crippen molar-refractivity contribution in [1.29, 1.82) is 0 Å². The predicted octanol–water partition coefficient (Wildman–Crippen LogP) is 4.44. The number of halogens is 2. The summed E-state index contributed by atoms with van der Waals surface area (Å²) in [5.74, 6) is -0.649. The number of nitrogens with zero attached hydrogens (tertiary/aromatic N) is 2. The number of rotatable bonds is 6. The summed E-state index contributed by atoms with van der Waals surface area (Å²) < 4.78 is 32.1. The molecule has 2 N–H and O–H groups in total. The molecule has 1 atom stereocenters. The standard InChI is InChI=1S/C21H22F2N4O/c1-3-24-21(26-14(2)16-9-10-18(22)19(23)11-16)25-12-17-13-28-20(27-17)15-7-5-4-6-8-15/h4-11,13-14H,3,12H2,1-2H3,(H2,24,25,26). The van der Waals surface area contributed by atoms with Gasteiger partial charge in [0, 0.05) is 12.1 Å². The highest BCUT2D eigenvalue weighted by atomic mass is 19.2. The molecule has 1 unspecified atom stereocenters. The Morgan fingerprint density at radius 1 is 1.14 bits per heavy atom. The van der Waals surface area contributed by atoms with E-state index in [0.29, 0.717) is 36.2 Å². The van der Waals surface area contributed by atoms with Gasteiger partial charge in [-0.1, -0.05) is 24.3 Å². The molecule has 0 aliphatic carbocycles. The van der Waals surface area contributed by atoms with Crippen molar-refractivity contribution in [3.63, 3.8) is 0 Å². The Labute approximate surface area is 162 Å². The molecule has 0 aliphatic heterocycles. The molecule has 0 radical (unpaired) electrons. The van der Waals surface area contributed by atoms with Gasteiger partial charge in [0.25, 0.3) is 0 Å². The first-order valence-corrected chi connectivity index (χ1v) is 9.06. The maximum atomic E-state index is 13.5. The van der Waals surface area contributed by atoms with E-state index in [1.54, 1.807) is 12.3 Å². The molecule has 0 saturated carbocycles. The monoisotopic (exact) mass is 384 g/mol. The summed E-state index contributed by atoms with van der Waals surface area (Å²) in [5, 5.41) is 6.31. The van der Waals surface area contributed by atoms with Gasteiger partial charge in [0.15, 0.2) is 17.6 Å². The van der Waals surface area contributed by atoms with Crippen molar-refractivity contribution in [3.8, 4) is 11.5 Å². The van der Waals surface area contributed by atoms with Crippen LogP contribution in [-0.2, 0) is 6.54 Å². The molecule has 0 amide bonds. The van der Waals surface area contributed by atoms with Crippen molar-refractivity contribution in [2.45, 2.75) is 26.4 Å². The number of hydrogen-bond donors (Lipinski definition) is 2. The van der Waals surface area contributed by atoms with E-state index in [-0.39, 0.29) is 6.04 Å². The fraction of sp³-hybridized carbons (Fsp3) is 0.238. The third kappa shape index (κ3) is 4.94. The van der Waals surface area contributed by atoms with E-state index >= 15 is 0 Å². The van der Waals surface area contributed by atoms with Crippen molar-refractivity contribution in [2.24, 2.45) is 4.99 Å². The van der Waals surface area contributed by atoms with E-state index in [1.807, 2.05) is 44.2 Å². The van der Waals surface area contributed by atoms with Gasteiger partial charge in [-0.05, 0) is 43.7 Å². The average Bonchev–Trinajstić information content (AvgIpc) is 3.18. The maximum Gasteiger partial charge on any atom is 0.226 e. The molecule has 2 aromatic carbocycles. The summed E-state index contributed by atoms with van der Waals surface area (Å²) in [7, 11) is 0. The molecule has 0 spiro atoms. The van der Waals surface area contributed by atoms with Crippen molar-refractivity contribution < 1.29 is 13.2 Å². The SMILES string of the molecule is CCNC(=NCc1coc(-c2ccccc2)n1)NC(C)c1ccc(F)c(F)c1. The Morgan fingerprint density at radius 3 is 2.64 bits per heavy atom. The quantitative estimate of drug-likeness (QED) is 0.487. The number of aromatic nitrogens is 1. The molecule has 1 heterocycles. The summed E-state index contributed by atoms with van der Waals surface area (Å²) in [6.45, 7) is 4.77. The summed E-state index contributed by atoms with van der Waals surface area (Å²) in [4.78, 5) is 8.95. The van der Waals surface area contributed by atoms with Crippen molar-refractivity contribution >= 4 is 5.96 Å². The molecule has 0 bridgehead atoms. The third-order valence-corrected chi connectivity index (χ3v) is 4.11. The lowest BCUT2D eigenvalue weighted by atomic mass is 10.1. The van der Waals surface area contributed by atoms with Crippen LogP contribution in [0.4, 0.5) is 8.78 Å². The Morgan fingerprint density at radius 2 is 1.93 bits per heavy atom. The second-order valence-electron chi connectivity index (χ2n) is 6.24. The lowest BCUT2D eigenvalue weighted by Gasteiger charge is -2.18. The van der Waals surface area contributed by atoms with E-state index in [9.17, 15) is 8.78 Å². The largest absolute Gasteiger partial charge is 0.444 e. The number of aliphatic imine (C=N–C) groups is 1. The van der Waals surface area contributed by atoms with Gasteiger partial charge in [-0.3, -0.25) is 0 Å². The summed E-state index contributed by atoms with van der Waals surface area (Å²) in [5.41, 5.74) is 2.21. The van der Waals surface area contributed by atoms with Crippen LogP contribution in [0.15, 0.2) is 64.2 Å². The van der Waals surface area contributed by atoms with E-state index < -0.39 is 11.6 Å². The summed E-state index contributed by atoms with van der Waals surface area (Å²) in [6, 6.07) is 13.2. The van der Waals surface area contributed by atoms with Crippen LogP contribution in [0.2, 0.25) is 0 Å². The minimum atomic E-state index is -0.871. The van der Waals surface area contributed by atoms with Gasteiger partial charge in [0.2, 0.25) is 5.89 Å². The van der Waals surface area contributed by atoms with Gasteiger partial charge in [-0.15, -0.1) is 0 Å². The van der Waals surface area contributed by atoms with Gasteiger partial charge >= 0.3 is 0 Å².